The number of imidazole rings is 1. The molecule has 0 spiro atoms. The Kier molecular flexibility index (Phi) is 5.37. The van der Waals surface area contributed by atoms with E-state index in [0.29, 0.717) is 18.2 Å². The van der Waals surface area contributed by atoms with E-state index in [1.807, 2.05) is 78.3 Å². The standard InChI is InChI=1S/C25H24N6O/c1-30-22(16-27-23(30)19-10-6-3-7-11-19)24(32)28-20-13-15-31(17-20)25-26-14-12-21(29-25)18-8-4-2-5-9-18/h2-12,14,16,20H,13,15,17H2,1H3,(H,28,32). The number of aromatic nitrogens is 4. The molecule has 0 saturated carbocycles. The van der Waals surface area contributed by atoms with Crippen LogP contribution in [-0.2, 0) is 7.05 Å². The second-order valence-electron chi connectivity index (χ2n) is 7.91. The fraction of sp³-hybridized carbons (Fsp3) is 0.200. The minimum atomic E-state index is -0.118. The van der Waals surface area contributed by atoms with Crippen molar-refractivity contribution in [2.45, 2.75) is 12.5 Å². The van der Waals surface area contributed by atoms with Crippen LogP contribution in [0.3, 0.4) is 0 Å². The molecule has 1 N–H and O–H groups in total. The van der Waals surface area contributed by atoms with Crippen molar-refractivity contribution in [1.29, 1.82) is 0 Å². The van der Waals surface area contributed by atoms with Gasteiger partial charge in [-0.05, 0) is 12.5 Å². The number of hydrogen-bond acceptors (Lipinski definition) is 5. The van der Waals surface area contributed by atoms with E-state index >= 15 is 0 Å². The molecule has 2 aromatic carbocycles. The Morgan fingerprint density at radius 3 is 2.44 bits per heavy atom. The number of rotatable bonds is 5. The number of amides is 1. The number of benzene rings is 2. The van der Waals surface area contributed by atoms with Crippen LogP contribution in [0.5, 0.6) is 0 Å². The van der Waals surface area contributed by atoms with Gasteiger partial charge >= 0.3 is 0 Å². The average molecular weight is 425 g/mol. The third-order valence-corrected chi connectivity index (χ3v) is 5.77. The van der Waals surface area contributed by atoms with Crippen LogP contribution in [0, 0.1) is 0 Å². The maximum atomic E-state index is 12.9. The molecule has 0 radical (unpaired) electrons. The Hall–Kier alpha value is -4.00. The number of carbonyl (C=O) groups excluding carboxylic acids is 1. The molecule has 5 rings (SSSR count). The molecule has 32 heavy (non-hydrogen) atoms. The first-order chi connectivity index (χ1) is 15.7. The summed E-state index contributed by atoms with van der Waals surface area (Å²) >= 11 is 0. The van der Waals surface area contributed by atoms with E-state index < -0.39 is 0 Å². The van der Waals surface area contributed by atoms with Crippen LogP contribution >= 0.6 is 0 Å². The van der Waals surface area contributed by atoms with Gasteiger partial charge in [-0.3, -0.25) is 4.79 Å². The van der Waals surface area contributed by atoms with Crippen molar-refractivity contribution in [1.82, 2.24) is 24.8 Å². The number of carbonyl (C=O) groups is 1. The first kappa shape index (κ1) is 19.9. The van der Waals surface area contributed by atoms with Gasteiger partial charge in [0.25, 0.3) is 5.91 Å². The third-order valence-electron chi connectivity index (χ3n) is 5.77. The molecule has 1 atom stereocenters. The SMILES string of the molecule is Cn1c(C(=O)NC2CCN(c3nccc(-c4ccccc4)n3)C2)cnc1-c1ccccc1. The minimum absolute atomic E-state index is 0.0292. The Bertz CT molecular complexity index is 1220. The van der Waals surface area contributed by atoms with Gasteiger partial charge < -0.3 is 14.8 Å². The number of nitrogens with one attached hydrogen (secondary N) is 1. The molecule has 2 aromatic heterocycles. The first-order valence-corrected chi connectivity index (χ1v) is 10.7. The quantitative estimate of drug-likeness (QED) is 0.530. The second kappa shape index (κ2) is 8.63. The molecule has 3 heterocycles. The van der Waals surface area contributed by atoms with Gasteiger partial charge in [0.05, 0.1) is 11.9 Å². The highest BCUT2D eigenvalue weighted by Crippen LogP contribution is 2.22. The van der Waals surface area contributed by atoms with E-state index in [4.69, 9.17) is 4.98 Å². The zero-order valence-electron chi connectivity index (χ0n) is 17.8. The van der Waals surface area contributed by atoms with Crippen LogP contribution in [0.15, 0.2) is 79.1 Å². The minimum Gasteiger partial charge on any atom is -0.346 e. The van der Waals surface area contributed by atoms with Gasteiger partial charge in [0, 0.05) is 43.5 Å². The molecule has 1 fully saturated rings. The number of anilines is 1. The Balaban J connectivity index is 1.26. The lowest BCUT2D eigenvalue weighted by molar-refractivity contribution is 0.0932. The smallest absolute Gasteiger partial charge is 0.269 e. The van der Waals surface area contributed by atoms with Gasteiger partial charge in [-0.15, -0.1) is 0 Å². The molecule has 1 saturated heterocycles. The molecular formula is C25H24N6O. The predicted octanol–water partition coefficient (Wildman–Crippen LogP) is 3.55. The number of hydrogen-bond donors (Lipinski definition) is 1. The summed E-state index contributed by atoms with van der Waals surface area (Å²) < 4.78 is 1.84. The van der Waals surface area contributed by atoms with E-state index in [1.54, 1.807) is 12.4 Å². The van der Waals surface area contributed by atoms with Crippen LogP contribution in [0.25, 0.3) is 22.6 Å². The highest BCUT2D eigenvalue weighted by Gasteiger charge is 2.27. The summed E-state index contributed by atoms with van der Waals surface area (Å²) in [6.45, 7) is 1.47. The fourth-order valence-electron chi connectivity index (χ4n) is 4.07. The van der Waals surface area contributed by atoms with E-state index in [2.05, 4.69) is 20.2 Å². The summed E-state index contributed by atoms with van der Waals surface area (Å²) in [4.78, 5) is 28.7. The molecule has 1 unspecified atom stereocenters. The van der Waals surface area contributed by atoms with Gasteiger partial charge in [0.2, 0.25) is 5.95 Å². The van der Waals surface area contributed by atoms with Crippen molar-refractivity contribution in [2.24, 2.45) is 7.05 Å². The van der Waals surface area contributed by atoms with Gasteiger partial charge in [-0.25, -0.2) is 15.0 Å². The highest BCUT2D eigenvalue weighted by molar-refractivity contribution is 5.93. The average Bonchev–Trinajstić information content (AvgIpc) is 3.47. The van der Waals surface area contributed by atoms with Gasteiger partial charge in [0.1, 0.15) is 11.5 Å². The van der Waals surface area contributed by atoms with E-state index in [-0.39, 0.29) is 11.9 Å². The summed E-state index contributed by atoms with van der Waals surface area (Å²) in [5.74, 6) is 1.35. The summed E-state index contributed by atoms with van der Waals surface area (Å²) in [5, 5.41) is 3.15. The monoisotopic (exact) mass is 424 g/mol. The fourth-order valence-corrected chi connectivity index (χ4v) is 4.07. The lowest BCUT2D eigenvalue weighted by atomic mass is 10.1. The first-order valence-electron chi connectivity index (χ1n) is 10.7. The largest absolute Gasteiger partial charge is 0.346 e. The topological polar surface area (TPSA) is 75.9 Å². The van der Waals surface area contributed by atoms with Crippen molar-refractivity contribution >= 4 is 11.9 Å². The maximum Gasteiger partial charge on any atom is 0.269 e. The Morgan fingerprint density at radius 2 is 1.69 bits per heavy atom. The molecule has 7 heteroatoms. The Labute approximate surface area is 186 Å². The highest BCUT2D eigenvalue weighted by atomic mass is 16.2. The van der Waals surface area contributed by atoms with E-state index in [1.165, 1.54) is 0 Å². The van der Waals surface area contributed by atoms with Crippen LogP contribution in [0.4, 0.5) is 5.95 Å². The molecule has 0 bridgehead atoms. The zero-order valence-corrected chi connectivity index (χ0v) is 17.8. The molecule has 1 amide bonds. The lowest BCUT2D eigenvalue weighted by Gasteiger charge is -2.17. The lowest BCUT2D eigenvalue weighted by Crippen LogP contribution is -2.38. The molecule has 0 aliphatic carbocycles. The second-order valence-corrected chi connectivity index (χ2v) is 7.91. The van der Waals surface area contributed by atoms with Crippen LogP contribution in [0.2, 0.25) is 0 Å². The zero-order chi connectivity index (χ0) is 21.9. The van der Waals surface area contributed by atoms with Crippen molar-refractivity contribution in [3.05, 3.63) is 84.8 Å². The Morgan fingerprint density at radius 1 is 0.969 bits per heavy atom. The summed E-state index contributed by atoms with van der Waals surface area (Å²) in [7, 11) is 1.87. The van der Waals surface area contributed by atoms with Crippen molar-refractivity contribution < 1.29 is 4.79 Å². The van der Waals surface area contributed by atoms with Gasteiger partial charge in [0.15, 0.2) is 0 Å². The van der Waals surface area contributed by atoms with Crippen molar-refractivity contribution in [3.63, 3.8) is 0 Å². The predicted molar refractivity (Wildman–Crippen MR) is 124 cm³/mol. The molecule has 1 aliphatic heterocycles. The normalized spacial score (nSPS) is 15.7. The van der Waals surface area contributed by atoms with Crippen molar-refractivity contribution in [3.8, 4) is 22.6 Å². The van der Waals surface area contributed by atoms with E-state index in [0.717, 1.165) is 35.6 Å². The van der Waals surface area contributed by atoms with E-state index in [9.17, 15) is 4.79 Å². The number of nitrogens with zero attached hydrogens (tertiary/aromatic N) is 5. The molecule has 160 valence electrons. The molecule has 7 nitrogen and oxygen atoms in total. The van der Waals surface area contributed by atoms with Gasteiger partial charge in [-0.1, -0.05) is 60.7 Å². The molecule has 1 aliphatic rings. The summed E-state index contributed by atoms with van der Waals surface area (Å²) in [6, 6.07) is 21.9. The summed E-state index contributed by atoms with van der Waals surface area (Å²) in [5.41, 5.74) is 3.48. The van der Waals surface area contributed by atoms with Gasteiger partial charge in [-0.2, -0.15) is 0 Å². The van der Waals surface area contributed by atoms with Crippen LogP contribution in [0.1, 0.15) is 16.9 Å². The molecular weight excluding hydrogens is 400 g/mol. The van der Waals surface area contributed by atoms with Crippen LogP contribution in [-0.4, -0.2) is 44.6 Å². The maximum absolute atomic E-state index is 12.9. The van der Waals surface area contributed by atoms with Crippen LogP contribution < -0.4 is 10.2 Å². The molecule has 4 aromatic rings. The van der Waals surface area contributed by atoms with Crippen molar-refractivity contribution in [2.75, 3.05) is 18.0 Å². The summed E-state index contributed by atoms with van der Waals surface area (Å²) in [6.07, 6.45) is 4.27. The third kappa shape index (κ3) is 3.97.